The Bertz CT molecular complexity index is 971. The van der Waals surface area contributed by atoms with E-state index in [-0.39, 0.29) is 17.9 Å². The van der Waals surface area contributed by atoms with Crippen LogP contribution in [-0.4, -0.2) is 53.6 Å². The number of benzene rings is 2. The summed E-state index contributed by atoms with van der Waals surface area (Å²) in [5, 5.41) is 0. The number of rotatable bonds is 4. The molecule has 1 N–H and O–H groups in total. The van der Waals surface area contributed by atoms with E-state index in [0.29, 0.717) is 6.54 Å². The quantitative estimate of drug-likeness (QED) is 0.712. The summed E-state index contributed by atoms with van der Waals surface area (Å²) in [5.41, 5.74) is 3.36. The first-order chi connectivity index (χ1) is 14.4. The molecule has 0 bridgehead atoms. The van der Waals surface area contributed by atoms with Crippen LogP contribution >= 0.6 is 0 Å². The number of nitrogens with zero attached hydrogens (tertiary/aromatic N) is 3. The number of nitrogens with one attached hydrogen (secondary N) is 1. The number of H-pyrrole nitrogens is 1. The van der Waals surface area contributed by atoms with Crippen LogP contribution in [0, 0.1) is 0 Å². The van der Waals surface area contributed by atoms with E-state index in [1.165, 1.54) is 5.56 Å². The van der Waals surface area contributed by atoms with Crippen LogP contribution in [0.3, 0.4) is 0 Å². The summed E-state index contributed by atoms with van der Waals surface area (Å²) in [6.07, 6.45) is 0.906. The number of aromatic nitrogens is 2. The van der Waals surface area contributed by atoms with E-state index in [2.05, 4.69) is 42.8 Å². The summed E-state index contributed by atoms with van der Waals surface area (Å²) < 4.78 is 5.76. The molecule has 158 valence electrons. The van der Waals surface area contributed by atoms with E-state index in [4.69, 9.17) is 9.72 Å². The van der Waals surface area contributed by atoms with E-state index >= 15 is 0 Å². The first kappa shape index (κ1) is 20.3. The molecule has 0 spiro atoms. The molecule has 0 saturated carbocycles. The van der Waals surface area contributed by atoms with Gasteiger partial charge in [-0.3, -0.25) is 4.79 Å². The summed E-state index contributed by atoms with van der Waals surface area (Å²) in [6, 6.07) is 16.1. The molecule has 1 fully saturated rings. The van der Waals surface area contributed by atoms with Crippen molar-refractivity contribution in [3.63, 3.8) is 0 Å². The normalized spacial score (nSPS) is 15.3. The predicted octanol–water partition coefficient (Wildman–Crippen LogP) is 3.98. The second kappa shape index (κ2) is 8.38. The van der Waals surface area contributed by atoms with Crippen LogP contribution in [-0.2, 0) is 10.2 Å². The highest BCUT2D eigenvalue weighted by Gasteiger charge is 2.21. The molecule has 3 aromatic rings. The second-order valence-corrected chi connectivity index (χ2v) is 8.86. The van der Waals surface area contributed by atoms with Gasteiger partial charge in [0, 0.05) is 26.2 Å². The lowest BCUT2D eigenvalue weighted by Gasteiger charge is -2.22. The van der Waals surface area contributed by atoms with Crippen LogP contribution in [0.4, 0.5) is 5.95 Å². The highest BCUT2D eigenvalue weighted by molar-refractivity contribution is 5.78. The summed E-state index contributed by atoms with van der Waals surface area (Å²) in [6.45, 7) is 9.65. The fourth-order valence-electron chi connectivity index (χ4n) is 3.76. The predicted molar refractivity (Wildman–Crippen MR) is 120 cm³/mol. The largest absolute Gasteiger partial charge is 0.484 e. The number of hydrogen-bond acceptors (Lipinski definition) is 4. The molecule has 6 heteroatoms. The van der Waals surface area contributed by atoms with Gasteiger partial charge in [-0.1, -0.05) is 45.0 Å². The van der Waals surface area contributed by atoms with Gasteiger partial charge in [-0.05, 0) is 41.7 Å². The molecule has 6 nitrogen and oxygen atoms in total. The van der Waals surface area contributed by atoms with Crippen molar-refractivity contribution < 1.29 is 9.53 Å². The first-order valence-corrected chi connectivity index (χ1v) is 10.6. The zero-order valence-electron chi connectivity index (χ0n) is 18.0. The number of aromatic amines is 1. The molecule has 0 aliphatic carbocycles. The SMILES string of the molecule is CC(C)(C)c1ccc(OCC(=O)N2CCCN(c3nc4ccccc4[nH]3)CC2)cc1. The van der Waals surface area contributed by atoms with Crippen molar-refractivity contribution in [2.24, 2.45) is 0 Å². The number of hydrogen-bond donors (Lipinski definition) is 1. The van der Waals surface area contributed by atoms with E-state index < -0.39 is 0 Å². The highest BCUT2D eigenvalue weighted by Crippen LogP contribution is 2.24. The Labute approximate surface area is 177 Å². The zero-order chi connectivity index (χ0) is 21.1. The number of ether oxygens (including phenoxy) is 1. The van der Waals surface area contributed by atoms with Gasteiger partial charge in [0.25, 0.3) is 5.91 Å². The van der Waals surface area contributed by atoms with E-state index in [1.54, 1.807) is 0 Å². The van der Waals surface area contributed by atoms with Crippen molar-refractivity contribution >= 4 is 22.9 Å². The van der Waals surface area contributed by atoms with Gasteiger partial charge in [0.05, 0.1) is 11.0 Å². The molecular formula is C24H30N4O2. The van der Waals surface area contributed by atoms with Crippen molar-refractivity contribution in [2.45, 2.75) is 32.6 Å². The number of carbonyl (C=O) groups excluding carboxylic acids is 1. The average molecular weight is 407 g/mol. The Morgan fingerprint density at radius 3 is 2.53 bits per heavy atom. The molecule has 1 aliphatic heterocycles. The summed E-state index contributed by atoms with van der Waals surface area (Å²) in [5.74, 6) is 1.64. The first-order valence-electron chi connectivity index (χ1n) is 10.6. The minimum Gasteiger partial charge on any atom is -0.484 e. The maximum atomic E-state index is 12.7. The molecule has 2 aromatic carbocycles. The Balaban J connectivity index is 1.32. The topological polar surface area (TPSA) is 61.5 Å². The standard InChI is InChI=1S/C24H30N4O2/c1-24(2,3)18-9-11-19(12-10-18)30-17-22(29)27-13-6-14-28(16-15-27)23-25-20-7-4-5-8-21(20)26-23/h4-5,7-12H,6,13-17H2,1-3H3,(H,25,26). The minimum absolute atomic E-state index is 0.0290. The number of imidazole rings is 1. The van der Waals surface area contributed by atoms with Crippen LogP contribution in [0.1, 0.15) is 32.8 Å². The third-order valence-electron chi connectivity index (χ3n) is 5.61. The van der Waals surface area contributed by atoms with Crippen molar-refractivity contribution in [1.29, 1.82) is 0 Å². The molecule has 0 atom stereocenters. The molecule has 1 amide bonds. The molecule has 30 heavy (non-hydrogen) atoms. The van der Waals surface area contributed by atoms with Gasteiger partial charge in [-0.15, -0.1) is 0 Å². The fourth-order valence-corrected chi connectivity index (χ4v) is 3.76. The van der Waals surface area contributed by atoms with Crippen LogP contribution in [0.15, 0.2) is 48.5 Å². The van der Waals surface area contributed by atoms with Crippen LogP contribution in [0.2, 0.25) is 0 Å². The molecule has 0 radical (unpaired) electrons. The van der Waals surface area contributed by atoms with Crippen molar-refractivity contribution in [3.8, 4) is 5.75 Å². The van der Waals surface area contributed by atoms with Crippen molar-refractivity contribution in [1.82, 2.24) is 14.9 Å². The summed E-state index contributed by atoms with van der Waals surface area (Å²) in [7, 11) is 0. The third kappa shape index (κ3) is 4.58. The van der Waals surface area contributed by atoms with Gasteiger partial charge in [0.2, 0.25) is 5.95 Å². The van der Waals surface area contributed by atoms with E-state index in [9.17, 15) is 4.79 Å². The van der Waals surface area contributed by atoms with Crippen LogP contribution in [0.5, 0.6) is 5.75 Å². The highest BCUT2D eigenvalue weighted by atomic mass is 16.5. The van der Waals surface area contributed by atoms with Crippen LogP contribution in [0.25, 0.3) is 11.0 Å². The molecule has 4 rings (SSSR count). The zero-order valence-corrected chi connectivity index (χ0v) is 18.0. The summed E-state index contributed by atoms with van der Waals surface area (Å²) in [4.78, 5) is 24.9. The van der Waals surface area contributed by atoms with Crippen molar-refractivity contribution in [3.05, 3.63) is 54.1 Å². The van der Waals surface area contributed by atoms with Gasteiger partial charge in [-0.25, -0.2) is 4.98 Å². The number of para-hydroxylation sites is 2. The number of amides is 1. The Morgan fingerprint density at radius 1 is 1.03 bits per heavy atom. The monoisotopic (exact) mass is 406 g/mol. The smallest absolute Gasteiger partial charge is 0.260 e. The van der Waals surface area contributed by atoms with E-state index in [0.717, 1.165) is 48.8 Å². The Kier molecular flexibility index (Phi) is 5.66. The lowest BCUT2D eigenvalue weighted by Crippen LogP contribution is -2.38. The molecule has 0 unspecified atom stereocenters. The van der Waals surface area contributed by atoms with Crippen LogP contribution < -0.4 is 9.64 Å². The molecular weight excluding hydrogens is 376 g/mol. The van der Waals surface area contributed by atoms with Gasteiger partial charge in [0.15, 0.2) is 6.61 Å². The molecule has 2 heterocycles. The number of fused-ring (bicyclic) bond motifs is 1. The summed E-state index contributed by atoms with van der Waals surface area (Å²) >= 11 is 0. The van der Waals surface area contributed by atoms with Gasteiger partial charge in [-0.2, -0.15) is 0 Å². The average Bonchev–Trinajstić information content (AvgIpc) is 3.01. The van der Waals surface area contributed by atoms with Gasteiger partial charge < -0.3 is 19.5 Å². The molecule has 1 aromatic heterocycles. The maximum Gasteiger partial charge on any atom is 0.260 e. The van der Waals surface area contributed by atoms with E-state index in [1.807, 2.05) is 41.3 Å². The third-order valence-corrected chi connectivity index (χ3v) is 5.61. The number of anilines is 1. The molecule has 1 aliphatic rings. The lowest BCUT2D eigenvalue weighted by atomic mass is 9.87. The number of carbonyl (C=O) groups is 1. The van der Waals surface area contributed by atoms with Gasteiger partial charge >= 0.3 is 0 Å². The second-order valence-electron chi connectivity index (χ2n) is 8.86. The fraction of sp³-hybridized carbons (Fsp3) is 0.417. The maximum absolute atomic E-state index is 12.7. The van der Waals surface area contributed by atoms with Crippen molar-refractivity contribution in [2.75, 3.05) is 37.7 Å². The lowest BCUT2D eigenvalue weighted by molar-refractivity contribution is -0.133. The molecule has 1 saturated heterocycles. The van der Waals surface area contributed by atoms with Gasteiger partial charge in [0.1, 0.15) is 5.75 Å². The Hall–Kier alpha value is -3.02. The Morgan fingerprint density at radius 2 is 1.80 bits per heavy atom. The minimum atomic E-state index is 0.0290.